The molecule has 154 valence electrons. The number of para-hydroxylation sites is 2. The number of carbonyl (C=O) groups excluding carboxylic acids is 2. The van der Waals surface area contributed by atoms with Gasteiger partial charge in [-0.2, -0.15) is 0 Å². The van der Waals surface area contributed by atoms with E-state index in [9.17, 15) is 19.7 Å². The number of halogens is 1. The Hall–Kier alpha value is -2.39. The zero-order valence-corrected chi connectivity index (χ0v) is 16.5. The molecule has 0 aliphatic carbocycles. The molecule has 1 unspecified atom stereocenters. The Labute approximate surface area is 170 Å². The molecular weight excluding hydrogens is 386 g/mol. The maximum Gasteiger partial charge on any atom is 0.292 e. The van der Waals surface area contributed by atoms with Crippen molar-refractivity contribution in [2.45, 2.75) is 25.3 Å². The summed E-state index contributed by atoms with van der Waals surface area (Å²) >= 11 is 0. The molecule has 1 aromatic rings. The summed E-state index contributed by atoms with van der Waals surface area (Å²) in [6, 6.07) is 6.48. The van der Waals surface area contributed by atoms with Crippen LogP contribution in [0.1, 0.15) is 19.3 Å². The highest BCUT2D eigenvalue weighted by molar-refractivity contribution is 5.85. The van der Waals surface area contributed by atoms with Gasteiger partial charge in [0.25, 0.3) is 5.69 Å². The molecule has 9 nitrogen and oxygen atoms in total. The molecule has 2 aliphatic heterocycles. The molecule has 0 spiro atoms. The van der Waals surface area contributed by atoms with Crippen LogP contribution in [-0.2, 0) is 9.59 Å². The lowest BCUT2D eigenvalue weighted by Crippen LogP contribution is -2.57. The van der Waals surface area contributed by atoms with Crippen LogP contribution in [0.2, 0.25) is 0 Å². The number of benzene rings is 1. The number of piperazine rings is 1. The first-order valence-corrected chi connectivity index (χ1v) is 9.31. The summed E-state index contributed by atoms with van der Waals surface area (Å²) in [6.07, 6.45) is 2.06. The van der Waals surface area contributed by atoms with E-state index in [1.807, 2.05) is 9.80 Å². The minimum Gasteiger partial charge on any atom is -0.379 e. The number of likely N-dealkylation sites (tertiary alicyclic amines) is 1. The minimum atomic E-state index is -0.441. The third kappa shape index (κ3) is 5.32. The highest BCUT2D eigenvalue weighted by Gasteiger charge is 2.31. The van der Waals surface area contributed by atoms with Gasteiger partial charge in [-0.15, -0.1) is 12.4 Å². The van der Waals surface area contributed by atoms with Gasteiger partial charge in [-0.3, -0.25) is 19.7 Å². The summed E-state index contributed by atoms with van der Waals surface area (Å²) in [4.78, 5) is 38.9. The second kappa shape index (κ2) is 10.2. The number of hydrogen-bond acceptors (Lipinski definition) is 6. The average Bonchev–Trinajstić information content (AvgIpc) is 2.68. The Bertz CT molecular complexity index is 717. The Kier molecular flexibility index (Phi) is 8.01. The highest BCUT2D eigenvalue weighted by Crippen LogP contribution is 2.23. The molecule has 2 amide bonds. The molecule has 0 bridgehead atoms. The van der Waals surface area contributed by atoms with Crippen LogP contribution in [0.5, 0.6) is 0 Å². The second-order valence-electron chi connectivity index (χ2n) is 6.85. The van der Waals surface area contributed by atoms with E-state index < -0.39 is 4.92 Å². The Balaban J connectivity index is 0.00000280. The van der Waals surface area contributed by atoms with Crippen molar-refractivity contribution in [2.24, 2.45) is 0 Å². The smallest absolute Gasteiger partial charge is 0.292 e. The first-order chi connectivity index (χ1) is 13.1. The van der Waals surface area contributed by atoms with Crippen molar-refractivity contribution >= 4 is 35.6 Å². The first-order valence-electron chi connectivity index (χ1n) is 9.31. The van der Waals surface area contributed by atoms with E-state index in [-0.39, 0.29) is 42.4 Å². The number of nitrogens with one attached hydrogen (secondary N) is 2. The van der Waals surface area contributed by atoms with Gasteiger partial charge in [0, 0.05) is 51.3 Å². The molecule has 2 fully saturated rings. The van der Waals surface area contributed by atoms with Crippen LogP contribution >= 0.6 is 12.4 Å². The number of anilines is 1. The Morgan fingerprint density at radius 3 is 2.86 bits per heavy atom. The first kappa shape index (κ1) is 21.9. The fourth-order valence-corrected chi connectivity index (χ4v) is 3.69. The zero-order valence-electron chi connectivity index (χ0n) is 15.6. The Morgan fingerprint density at radius 2 is 2.11 bits per heavy atom. The van der Waals surface area contributed by atoms with E-state index in [1.165, 1.54) is 6.07 Å². The number of nitro benzene ring substituents is 1. The predicted molar refractivity (Wildman–Crippen MR) is 108 cm³/mol. The van der Waals surface area contributed by atoms with Crippen molar-refractivity contribution in [2.75, 3.05) is 44.6 Å². The largest absolute Gasteiger partial charge is 0.379 e. The zero-order chi connectivity index (χ0) is 19.2. The fraction of sp³-hybridized carbons (Fsp3) is 0.556. The molecule has 28 heavy (non-hydrogen) atoms. The lowest BCUT2D eigenvalue weighted by Gasteiger charge is -2.41. The lowest BCUT2D eigenvalue weighted by molar-refractivity contribution is -0.384. The molecular formula is C18H26ClN5O4. The van der Waals surface area contributed by atoms with Crippen LogP contribution in [0.3, 0.4) is 0 Å². The molecule has 1 aromatic carbocycles. The number of hydrogen-bond donors (Lipinski definition) is 2. The van der Waals surface area contributed by atoms with Crippen molar-refractivity contribution < 1.29 is 14.5 Å². The molecule has 2 saturated heterocycles. The molecule has 10 heteroatoms. The molecule has 2 aliphatic rings. The van der Waals surface area contributed by atoms with Crippen LogP contribution in [0.25, 0.3) is 0 Å². The van der Waals surface area contributed by atoms with Crippen LogP contribution in [0.15, 0.2) is 24.3 Å². The maximum atomic E-state index is 12.6. The topological polar surface area (TPSA) is 108 Å². The van der Waals surface area contributed by atoms with Gasteiger partial charge < -0.3 is 20.4 Å². The van der Waals surface area contributed by atoms with Crippen LogP contribution in [0.4, 0.5) is 11.4 Å². The molecule has 3 rings (SSSR count). The normalized spacial score (nSPS) is 19.7. The number of nitrogens with zero attached hydrogens (tertiary/aromatic N) is 3. The summed E-state index contributed by atoms with van der Waals surface area (Å²) in [5, 5.41) is 17.1. The third-order valence-electron chi connectivity index (χ3n) is 5.07. The quantitative estimate of drug-likeness (QED) is 0.538. The van der Waals surface area contributed by atoms with Gasteiger partial charge in [0.15, 0.2) is 0 Å². The summed E-state index contributed by atoms with van der Waals surface area (Å²) in [5.74, 6) is 0.104. The van der Waals surface area contributed by atoms with Gasteiger partial charge in [-0.1, -0.05) is 12.1 Å². The predicted octanol–water partition coefficient (Wildman–Crippen LogP) is 1.24. The van der Waals surface area contributed by atoms with Crippen LogP contribution < -0.4 is 10.6 Å². The van der Waals surface area contributed by atoms with Crippen molar-refractivity contribution in [3.8, 4) is 0 Å². The van der Waals surface area contributed by atoms with Crippen molar-refractivity contribution in [1.29, 1.82) is 0 Å². The van der Waals surface area contributed by atoms with Gasteiger partial charge in [0.2, 0.25) is 11.8 Å². The summed E-state index contributed by atoms with van der Waals surface area (Å²) in [7, 11) is 0. The summed E-state index contributed by atoms with van der Waals surface area (Å²) in [6.45, 7) is 3.43. The number of carbonyl (C=O) groups is 2. The van der Waals surface area contributed by atoms with E-state index in [0.29, 0.717) is 38.4 Å². The van der Waals surface area contributed by atoms with E-state index in [1.54, 1.807) is 18.2 Å². The number of rotatable bonds is 6. The van der Waals surface area contributed by atoms with Gasteiger partial charge in [0.05, 0.1) is 11.5 Å². The second-order valence-corrected chi connectivity index (χ2v) is 6.85. The third-order valence-corrected chi connectivity index (χ3v) is 5.07. The van der Waals surface area contributed by atoms with Crippen molar-refractivity contribution in [1.82, 2.24) is 15.1 Å². The van der Waals surface area contributed by atoms with Gasteiger partial charge in [0.1, 0.15) is 5.69 Å². The SMILES string of the molecule is Cl.O=C(CCNc1ccccc1[N+](=O)[O-])N1CCCC(N2CCNCC2=O)C1. The monoisotopic (exact) mass is 411 g/mol. The molecule has 0 aromatic heterocycles. The Morgan fingerprint density at radius 1 is 1.32 bits per heavy atom. The molecule has 2 N–H and O–H groups in total. The van der Waals surface area contributed by atoms with E-state index in [4.69, 9.17) is 0 Å². The van der Waals surface area contributed by atoms with Gasteiger partial charge >= 0.3 is 0 Å². The van der Waals surface area contributed by atoms with E-state index >= 15 is 0 Å². The van der Waals surface area contributed by atoms with E-state index in [2.05, 4.69) is 10.6 Å². The summed E-state index contributed by atoms with van der Waals surface area (Å²) in [5.41, 5.74) is 0.415. The lowest BCUT2D eigenvalue weighted by atomic mass is 10.0. The van der Waals surface area contributed by atoms with Crippen LogP contribution in [0, 0.1) is 10.1 Å². The minimum absolute atomic E-state index is 0. The molecule has 0 saturated carbocycles. The number of nitro groups is 1. The van der Waals surface area contributed by atoms with Crippen molar-refractivity contribution in [3.63, 3.8) is 0 Å². The van der Waals surface area contributed by atoms with E-state index in [0.717, 1.165) is 19.4 Å². The van der Waals surface area contributed by atoms with Crippen molar-refractivity contribution in [3.05, 3.63) is 34.4 Å². The maximum absolute atomic E-state index is 12.6. The van der Waals surface area contributed by atoms with Crippen LogP contribution in [-0.4, -0.2) is 71.8 Å². The fourth-order valence-electron chi connectivity index (χ4n) is 3.69. The number of piperidine rings is 1. The molecule has 0 radical (unpaired) electrons. The van der Waals surface area contributed by atoms with Gasteiger partial charge in [-0.05, 0) is 18.9 Å². The number of amides is 2. The highest BCUT2D eigenvalue weighted by atomic mass is 35.5. The van der Waals surface area contributed by atoms with Gasteiger partial charge in [-0.25, -0.2) is 0 Å². The average molecular weight is 412 g/mol. The summed E-state index contributed by atoms with van der Waals surface area (Å²) < 4.78 is 0. The molecule has 1 atom stereocenters. The standard InChI is InChI=1S/C18H25N5O4.ClH/c24-17(7-8-20-15-5-1-2-6-16(15)23(26)27)21-10-3-4-14(13-21)22-11-9-19-12-18(22)25;/h1-2,5-6,14,19-20H,3-4,7-13H2;1H. The molecule has 2 heterocycles.